The first kappa shape index (κ1) is 13.9. The van der Waals surface area contributed by atoms with Gasteiger partial charge in [0.05, 0.1) is 5.41 Å². The van der Waals surface area contributed by atoms with Crippen LogP contribution in [0.25, 0.3) is 0 Å². The van der Waals surface area contributed by atoms with Gasteiger partial charge in [-0.05, 0) is 27.2 Å². The molecule has 1 aliphatic carbocycles. The Morgan fingerprint density at radius 3 is 2.59 bits per heavy atom. The number of rotatable bonds is 2. The molecule has 1 aliphatic rings. The lowest BCUT2D eigenvalue weighted by Gasteiger charge is -2.38. The van der Waals surface area contributed by atoms with Gasteiger partial charge in [0.25, 0.3) is 0 Å². The van der Waals surface area contributed by atoms with Crippen LogP contribution in [-0.4, -0.2) is 17.9 Å². The van der Waals surface area contributed by atoms with Crippen molar-refractivity contribution in [3.8, 4) is 0 Å². The molecule has 0 aromatic heterocycles. The first-order valence-corrected chi connectivity index (χ1v) is 6.05. The van der Waals surface area contributed by atoms with Crippen LogP contribution in [0.5, 0.6) is 0 Å². The van der Waals surface area contributed by atoms with Crippen LogP contribution in [0.1, 0.15) is 47.0 Å². The average Bonchev–Trinajstić information content (AvgIpc) is 2.20. The van der Waals surface area contributed by atoms with E-state index in [1.807, 2.05) is 27.7 Å². The van der Waals surface area contributed by atoms with Crippen LogP contribution in [0.15, 0.2) is 12.7 Å². The van der Waals surface area contributed by atoms with E-state index in [-0.39, 0.29) is 17.9 Å². The van der Waals surface area contributed by atoms with Gasteiger partial charge in [0, 0.05) is 18.3 Å². The Bertz CT molecular complexity index is 338. The summed E-state index contributed by atoms with van der Waals surface area (Å²) >= 11 is 0. The normalized spacial score (nSPS) is 29.9. The van der Waals surface area contributed by atoms with Gasteiger partial charge < -0.3 is 4.74 Å². The van der Waals surface area contributed by atoms with Gasteiger partial charge in [0.15, 0.2) is 0 Å². The second kappa shape index (κ2) is 4.63. The Morgan fingerprint density at radius 2 is 2.12 bits per heavy atom. The van der Waals surface area contributed by atoms with Crippen molar-refractivity contribution in [2.24, 2.45) is 10.8 Å². The fourth-order valence-corrected chi connectivity index (χ4v) is 1.95. The number of ether oxygens (including phenoxy) is 1. The van der Waals surface area contributed by atoms with E-state index in [2.05, 4.69) is 6.58 Å². The van der Waals surface area contributed by atoms with E-state index in [4.69, 9.17) is 4.74 Å². The Kier molecular flexibility index (Phi) is 3.80. The average molecular weight is 238 g/mol. The molecule has 0 bridgehead atoms. The van der Waals surface area contributed by atoms with E-state index in [0.717, 1.165) is 0 Å². The highest BCUT2D eigenvalue weighted by molar-refractivity contribution is 5.81. The topological polar surface area (TPSA) is 43.4 Å². The molecule has 0 heterocycles. The van der Waals surface area contributed by atoms with Crippen LogP contribution in [0.3, 0.4) is 0 Å². The van der Waals surface area contributed by atoms with Crippen LogP contribution in [0.4, 0.5) is 0 Å². The molecule has 0 radical (unpaired) electrons. The highest BCUT2D eigenvalue weighted by Gasteiger charge is 2.41. The molecule has 0 aromatic rings. The Balaban J connectivity index is 2.79. The zero-order valence-electron chi connectivity index (χ0n) is 11.2. The minimum absolute atomic E-state index is 0.218. The van der Waals surface area contributed by atoms with E-state index in [1.54, 1.807) is 6.08 Å². The van der Waals surface area contributed by atoms with Crippen molar-refractivity contribution < 1.29 is 14.3 Å². The quantitative estimate of drug-likeness (QED) is 0.549. The van der Waals surface area contributed by atoms with E-state index in [1.165, 1.54) is 0 Å². The minimum Gasteiger partial charge on any atom is -0.461 e. The standard InChI is InChI=1S/C14H22O3/c1-6-14(5)9-10(15)7-8-11(14)17-12(16)13(2,3)4/h6,11H,1,7-9H2,2-5H3/t11-,14-/m1/s1. The number of hydrogen-bond acceptors (Lipinski definition) is 3. The summed E-state index contributed by atoms with van der Waals surface area (Å²) in [5.41, 5.74) is -0.931. The molecule has 0 aromatic carbocycles. The third kappa shape index (κ3) is 3.18. The van der Waals surface area contributed by atoms with Crippen molar-refractivity contribution >= 4 is 11.8 Å². The van der Waals surface area contributed by atoms with Crippen molar-refractivity contribution in [1.82, 2.24) is 0 Å². The van der Waals surface area contributed by atoms with Gasteiger partial charge in [-0.1, -0.05) is 13.0 Å². The zero-order valence-corrected chi connectivity index (χ0v) is 11.2. The predicted octanol–water partition coefficient (Wildman–Crippen LogP) is 2.89. The van der Waals surface area contributed by atoms with Gasteiger partial charge in [-0.25, -0.2) is 0 Å². The largest absolute Gasteiger partial charge is 0.461 e. The van der Waals surface area contributed by atoms with Crippen molar-refractivity contribution in [2.45, 2.75) is 53.1 Å². The molecule has 0 saturated heterocycles. The molecule has 2 atom stereocenters. The Hall–Kier alpha value is -1.12. The van der Waals surface area contributed by atoms with Crippen molar-refractivity contribution in [2.75, 3.05) is 0 Å². The van der Waals surface area contributed by atoms with Crippen LogP contribution >= 0.6 is 0 Å². The van der Waals surface area contributed by atoms with E-state index in [0.29, 0.717) is 19.3 Å². The molecule has 17 heavy (non-hydrogen) atoms. The van der Waals surface area contributed by atoms with E-state index < -0.39 is 10.8 Å². The van der Waals surface area contributed by atoms with Gasteiger partial charge in [0.2, 0.25) is 0 Å². The summed E-state index contributed by atoms with van der Waals surface area (Å²) in [6.07, 6.45) is 3.02. The van der Waals surface area contributed by atoms with E-state index >= 15 is 0 Å². The molecule has 1 rings (SSSR count). The molecule has 3 heteroatoms. The number of hydrogen-bond donors (Lipinski definition) is 0. The molecular weight excluding hydrogens is 216 g/mol. The zero-order chi connectivity index (χ0) is 13.3. The molecule has 0 N–H and O–H groups in total. The molecular formula is C14H22O3. The number of Topliss-reactive ketones (excluding diaryl/α,β-unsaturated/α-hetero) is 1. The minimum atomic E-state index is -0.510. The second-order valence-electron chi connectivity index (χ2n) is 6.11. The fraction of sp³-hybridized carbons (Fsp3) is 0.714. The molecule has 1 saturated carbocycles. The van der Waals surface area contributed by atoms with Crippen molar-refractivity contribution in [1.29, 1.82) is 0 Å². The van der Waals surface area contributed by atoms with Crippen LogP contribution in [0.2, 0.25) is 0 Å². The molecule has 3 nitrogen and oxygen atoms in total. The third-order valence-electron chi connectivity index (χ3n) is 3.33. The summed E-state index contributed by atoms with van der Waals surface area (Å²) in [6.45, 7) is 11.2. The fourth-order valence-electron chi connectivity index (χ4n) is 1.95. The number of carbonyl (C=O) groups excluding carboxylic acids is 2. The molecule has 0 unspecified atom stereocenters. The molecule has 0 amide bonds. The van der Waals surface area contributed by atoms with Crippen molar-refractivity contribution in [3.63, 3.8) is 0 Å². The number of ketones is 1. The van der Waals surface area contributed by atoms with Gasteiger partial charge in [-0.2, -0.15) is 0 Å². The van der Waals surface area contributed by atoms with Gasteiger partial charge in [-0.3, -0.25) is 9.59 Å². The summed E-state index contributed by atoms with van der Waals surface area (Å²) in [7, 11) is 0. The van der Waals surface area contributed by atoms with Crippen LogP contribution in [-0.2, 0) is 14.3 Å². The first-order chi connectivity index (χ1) is 7.69. The lowest BCUT2D eigenvalue weighted by atomic mass is 9.73. The van der Waals surface area contributed by atoms with Crippen LogP contribution in [0, 0.1) is 10.8 Å². The number of esters is 1. The summed E-state index contributed by atoms with van der Waals surface area (Å²) in [4.78, 5) is 23.4. The Morgan fingerprint density at radius 1 is 1.53 bits per heavy atom. The molecule has 1 fully saturated rings. The first-order valence-electron chi connectivity index (χ1n) is 6.05. The SMILES string of the molecule is C=C[C@]1(C)CC(=O)CC[C@H]1OC(=O)C(C)(C)C. The van der Waals surface area contributed by atoms with Gasteiger partial charge in [-0.15, -0.1) is 6.58 Å². The maximum Gasteiger partial charge on any atom is 0.311 e. The lowest BCUT2D eigenvalue weighted by Crippen LogP contribution is -2.42. The Labute approximate surface area is 103 Å². The molecule has 0 spiro atoms. The highest BCUT2D eigenvalue weighted by atomic mass is 16.5. The molecule has 0 aliphatic heterocycles. The lowest BCUT2D eigenvalue weighted by molar-refractivity contribution is -0.167. The summed E-state index contributed by atoms with van der Waals surface area (Å²) in [6, 6.07) is 0. The second-order valence-corrected chi connectivity index (χ2v) is 6.11. The smallest absolute Gasteiger partial charge is 0.311 e. The van der Waals surface area contributed by atoms with Crippen LogP contribution < -0.4 is 0 Å². The third-order valence-corrected chi connectivity index (χ3v) is 3.33. The highest BCUT2D eigenvalue weighted by Crippen LogP contribution is 2.38. The van der Waals surface area contributed by atoms with Gasteiger partial charge in [0.1, 0.15) is 11.9 Å². The maximum atomic E-state index is 11.9. The van der Waals surface area contributed by atoms with E-state index in [9.17, 15) is 9.59 Å². The molecule has 96 valence electrons. The van der Waals surface area contributed by atoms with Gasteiger partial charge >= 0.3 is 5.97 Å². The monoisotopic (exact) mass is 238 g/mol. The summed E-state index contributed by atoms with van der Waals surface area (Å²) in [5, 5.41) is 0. The predicted molar refractivity (Wildman–Crippen MR) is 66.5 cm³/mol. The number of carbonyl (C=O) groups is 2. The maximum absolute atomic E-state index is 11.9. The van der Waals surface area contributed by atoms with Crippen molar-refractivity contribution in [3.05, 3.63) is 12.7 Å². The summed E-state index contributed by atoms with van der Waals surface area (Å²) < 4.78 is 5.55. The summed E-state index contributed by atoms with van der Waals surface area (Å²) in [5.74, 6) is 0.000353.